The van der Waals surface area contributed by atoms with Crippen LogP contribution in [-0.2, 0) is 0 Å². The Bertz CT molecular complexity index is 276. The predicted octanol–water partition coefficient (Wildman–Crippen LogP) is 0.563. The van der Waals surface area contributed by atoms with Crippen LogP contribution in [0.2, 0.25) is 0 Å². The molecule has 1 saturated carbocycles. The van der Waals surface area contributed by atoms with Gasteiger partial charge in [0, 0.05) is 25.6 Å². The summed E-state index contributed by atoms with van der Waals surface area (Å²) in [6.45, 7) is 2.25. The number of urea groups is 1. The van der Waals surface area contributed by atoms with E-state index in [0.717, 1.165) is 12.8 Å². The number of oxime groups is 1. The molecule has 92 valence electrons. The quantitative estimate of drug-likeness (QED) is 0.284. The van der Waals surface area contributed by atoms with Gasteiger partial charge in [-0.15, -0.1) is 0 Å². The summed E-state index contributed by atoms with van der Waals surface area (Å²) < 4.78 is 0. The molecule has 16 heavy (non-hydrogen) atoms. The molecule has 2 amide bonds. The molecule has 1 rings (SSSR count). The normalized spacial score (nSPS) is 18.8. The van der Waals surface area contributed by atoms with Crippen molar-refractivity contribution in [1.29, 1.82) is 0 Å². The van der Waals surface area contributed by atoms with Gasteiger partial charge in [-0.3, -0.25) is 0 Å². The number of hydrogen-bond acceptors (Lipinski definition) is 3. The summed E-state index contributed by atoms with van der Waals surface area (Å²) >= 11 is 0. The number of carbonyl (C=O) groups is 1. The summed E-state index contributed by atoms with van der Waals surface area (Å²) in [5.74, 6) is -0.00886. The van der Waals surface area contributed by atoms with Crippen molar-refractivity contribution in [2.75, 3.05) is 13.6 Å². The largest absolute Gasteiger partial charge is 0.409 e. The van der Waals surface area contributed by atoms with Crippen LogP contribution in [0.25, 0.3) is 0 Å². The Labute approximate surface area is 95.5 Å². The Hall–Kier alpha value is -1.46. The highest BCUT2D eigenvalue weighted by molar-refractivity contribution is 5.83. The number of hydrogen-bond donors (Lipinski definition) is 3. The van der Waals surface area contributed by atoms with Crippen LogP contribution in [0.1, 0.15) is 26.2 Å². The van der Waals surface area contributed by atoms with Crippen LogP contribution in [0.4, 0.5) is 4.79 Å². The minimum Gasteiger partial charge on any atom is -0.409 e. The molecule has 0 aromatic heterocycles. The number of amidine groups is 1. The number of nitrogens with one attached hydrogen (secondary N) is 1. The van der Waals surface area contributed by atoms with E-state index in [1.54, 1.807) is 11.9 Å². The van der Waals surface area contributed by atoms with Crippen molar-refractivity contribution < 1.29 is 10.0 Å². The maximum absolute atomic E-state index is 11.7. The predicted molar refractivity (Wildman–Crippen MR) is 61.4 cm³/mol. The molecule has 1 aliphatic carbocycles. The fraction of sp³-hybridized carbons (Fsp3) is 0.800. The van der Waals surface area contributed by atoms with Crippen molar-refractivity contribution in [2.24, 2.45) is 16.8 Å². The lowest BCUT2D eigenvalue weighted by Crippen LogP contribution is -2.47. The van der Waals surface area contributed by atoms with Gasteiger partial charge in [0.15, 0.2) is 0 Å². The number of amides is 2. The SMILES string of the molecule is CC(CN(C)C(=O)NC1CCC1)C(N)=NO. The van der Waals surface area contributed by atoms with Crippen LogP contribution in [0, 0.1) is 5.92 Å². The van der Waals surface area contributed by atoms with E-state index in [2.05, 4.69) is 10.5 Å². The summed E-state index contributed by atoms with van der Waals surface area (Å²) in [4.78, 5) is 13.2. The van der Waals surface area contributed by atoms with E-state index >= 15 is 0 Å². The molecule has 1 aliphatic rings. The number of nitrogens with zero attached hydrogens (tertiary/aromatic N) is 2. The van der Waals surface area contributed by atoms with Gasteiger partial charge in [0.25, 0.3) is 0 Å². The first-order valence-electron chi connectivity index (χ1n) is 5.53. The molecule has 6 heteroatoms. The third-order valence-electron chi connectivity index (χ3n) is 2.95. The van der Waals surface area contributed by atoms with Gasteiger partial charge >= 0.3 is 6.03 Å². The molecule has 0 aromatic carbocycles. The molecule has 1 atom stereocenters. The highest BCUT2D eigenvalue weighted by Crippen LogP contribution is 2.18. The van der Waals surface area contributed by atoms with Crippen LogP contribution >= 0.6 is 0 Å². The lowest BCUT2D eigenvalue weighted by atomic mass is 9.93. The summed E-state index contributed by atoms with van der Waals surface area (Å²) in [7, 11) is 1.70. The summed E-state index contributed by atoms with van der Waals surface area (Å²) in [5.41, 5.74) is 5.45. The van der Waals surface area contributed by atoms with Gasteiger partial charge in [0.2, 0.25) is 0 Å². The van der Waals surface area contributed by atoms with Gasteiger partial charge < -0.3 is 21.2 Å². The summed E-state index contributed by atoms with van der Waals surface area (Å²) in [6, 6.07) is 0.233. The molecule has 4 N–H and O–H groups in total. The summed E-state index contributed by atoms with van der Waals surface area (Å²) in [5, 5.41) is 14.3. The maximum atomic E-state index is 11.7. The zero-order valence-corrected chi connectivity index (χ0v) is 9.81. The zero-order valence-electron chi connectivity index (χ0n) is 9.81. The van der Waals surface area contributed by atoms with E-state index < -0.39 is 0 Å². The molecule has 0 heterocycles. The lowest BCUT2D eigenvalue weighted by molar-refractivity contribution is 0.193. The van der Waals surface area contributed by atoms with Crippen LogP contribution < -0.4 is 11.1 Å². The second kappa shape index (κ2) is 5.58. The van der Waals surface area contributed by atoms with Crippen LogP contribution in [0.5, 0.6) is 0 Å². The smallest absolute Gasteiger partial charge is 0.317 e. The van der Waals surface area contributed by atoms with Crippen molar-refractivity contribution in [3.8, 4) is 0 Å². The molecule has 1 fully saturated rings. The topological polar surface area (TPSA) is 91.0 Å². The maximum Gasteiger partial charge on any atom is 0.317 e. The first-order chi connectivity index (χ1) is 7.54. The fourth-order valence-electron chi connectivity index (χ4n) is 1.52. The van der Waals surface area contributed by atoms with Crippen LogP contribution in [-0.4, -0.2) is 41.6 Å². The highest BCUT2D eigenvalue weighted by atomic mass is 16.4. The van der Waals surface area contributed by atoms with Crippen molar-refractivity contribution in [1.82, 2.24) is 10.2 Å². The minimum atomic E-state index is -0.151. The molecule has 0 radical (unpaired) electrons. The summed E-state index contributed by atoms with van der Waals surface area (Å²) in [6.07, 6.45) is 3.32. The van der Waals surface area contributed by atoms with Gasteiger partial charge in [0.05, 0.1) is 0 Å². The molecule has 0 saturated heterocycles. The van der Waals surface area contributed by atoms with Gasteiger partial charge in [-0.05, 0) is 19.3 Å². The minimum absolute atomic E-state index is 0.0951. The lowest BCUT2D eigenvalue weighted by Gasteiger charge is -2.29. The first kappa shape index (κ1) is 12.6. The molecule has 0 aliphatic heterocycles. The Morgan fingerprint density at radius 1 is 1.69 bits per heavy atom. The van der Waals surface area contributed by atoms with Crippen LogP contribution in [0.15, 0.2) is 5.16 Å². The molecule has 6 nitrogen and oxygen atoms in total. The highest BCUT2D eigenvalue weighted by Gasteiger charge is 2.22. The second-order valence-electron chi connectivity index (χ2n) is 4.38. The molecule has 0 bridgehead atoms. The van der Waals surface area contributed by atoms with E-state index in [-0.39, 0.29) is 17.8 Å². The molecule has 0 spiro atoms. The number of carbonyl (C=O) groups excluding carboxylic acids is 1. The van der Waals surface area contributed by atoms with Crippen molar-refractivity contribution in [3.63, 3.8) is 0 Å². The monoisotopic (exact) mass is 228 g/mol. The van der Waals surface area contributed by atoms with Gasteiger partial charge in [0.1, 0.15) is 5.84 Å². The molecule has 0 aromatic rings. The van der Waals surface area contributed by atoms with E-state index in [9.17, 15) is 4.79 Å². The van der Waals surface area contributed by atoms with Crippen LogP contribution in [0.3, 0.4) is 0 Å². The average molecular weight is 228 g/mol. The number of rotatable bonds is 4. The Morgan fingerprint density at radius 3 is 2.75 bits per heavy atom. The van der Waals surface area contributed by atoms with Crippen molar-refractivity contribution in [2.45, 2.75) is 32.2 Å². The molecular weight excluding hydrogens is 208 g/mol. The van der Waals surface area contributed by atoms with Crippen molar-refractivity contribution in [3.05, 3.63) is 0 Å². The second-order valence-corrected chi connectivity index (χ2v) is 4.38. The fourth-order valence-corrected chi connectivity index (χ4v) is 1.52. The average Bonchev–Trinajstić information content (AvgIpc) is 2.21. The van der Waals surface area contributed by atoms with E-state index in [1.165, 1.54) is 6.42 Å². The van der Waals surface area contributed by atoms with E-state index in [4.69, 9.17) is 10.9 Å². The third-order valence-corrected chi connectivity index (χ3v) is 2.95. The Kier molecular flexibility index (Phi) is 4.39. The number of nitrogens with two attached hydrogens (primary N) is 1. The Balaban J connectivity index is 2.32. The van der Waals surface area contributed by atoms with Crippen molar-refractivity contribution >= 4 is 11.9 Å². The van der Waals surface area contributed by atoms with Gasteiger partial charge in [-0.25, -0.2) is 4.79 Å². The third kappa shape index (κ3) is 3.29. The molecular formula is C10H20N4O2. The molecule has 1 unspecified atom stereocenters. The standard InChI is InChI=1S/C10H20N4O2/c1-7(9(11)13-16)6-14(2)10(15)12-8-4-3-5-8/h7-8,16H,3-6H2,1-2H3,(H2,11,13)(H,12,15). The zero-order chi connectivity index (χ0) is 12.1. The van der Waals surface area contributed by atoms with Gasteiger partial charge in [-0.2, -0.15) is 0 Å². The Morgan fingerprint density at radius 2 is 2.31 bits per heavy atom. The first-order valence-corrected chi connectivity index (χ1v) is 5.53. The van der Waals surface area contributed by atoms with E-state index in [1.807, 2.05) is 6.92 Å². The van der Waals surface area contributed by atoms with E-state index in [0.29, 0.717) is 12.6 Å². The van der Waals surface area contributed by atoms with Gasteiger partial charge in [-0.1, -0.05) is 12.1 Å².